The molecular weight excluding hydrogens is 413 g/mol. The molecule has 2 rings (SSSR count). The van der Waals surface area contributed by atoms with Gasteiger partial charge in [0.1, 0.15) is 5.54 Å². The maximum absolute atomic E-state index is 13.4. The van der Waals surface area contributed by atoms with Gasteiger partial charge in [-0.1, -0.05) is 12.1 Å². The number of halogens is 3. The number of benzene rings is 1. The van der Waals surface area contributed by atoms with E-state index < -0.39 is 34.3 Å². The Balaban J connectivity index is 2.43. The van der Waals surface area contributed by atoms with Crippen LogP contribution in [0.15, 0.2) is 35.1 Å². The Morgan fingerprint density at radius 2 is 1.97 bits per heavy atom. The monoisotopic (exact) mass is 436 g/mol. The van der Waals surface area contributed by atoms with Gasteiger partial charge in [-0.15, -0.1) is 0 Å². The molecule has 0 radical (unpaired) electrons. The summed E-state index contributed by atoms with van der Waals surface area (Å²) in [5, 5.41) is 15.8. The van der Waals surface area contributed by atoms with Gasteiger partial charge in [-0.05, 0) is 39.8 Å². The molecule has 7 nitrogen and oxygen atoms in total. The predicted molar refractivity (Wildman–Crippen MR) is 107 cm³/mol. The Kier molecular flexibility index (Phi) is 7.23. The molecule has 0 bridgehead atoms. The van der Waals surface area contributed by atoms with E-state index >= 15 is 0 Å². The molecule has 1 aromatic carbocycles. The summed E-state index contributed by atoms with van der Waals surface area (Å²) in [4.78, 5) is 25.1. The first-order chi connectivity index (χ1) is 14.4. The van der Waals surface area contributed by atoms with Crippen molar-refractivity contribution in [3.63, 3.8) is 0 Å². The van der Waals surface area contributed by atoms with Crippen LogP contribution in [0.1, 0.15) is 48.9 Å². The highest BCUT2D eigenvalue weighted by atomic mass is 19.4. The lowest BCUT2D eigenvalue weighted by atomic mass is 10.00. The smallest absolute Gasteiger partial charge is 0.379 e. The summed E-state index contributed by atoms with van der Waals surface area (Å²) < 4.78 is 46.5. The second kappa shape index (κ2) is 9.31. The van der Waals surface area contributed by atoms with Crippen LogP contribution in [0.25, 0.3) is 5.69 Å². The predicted octanol–water partition coefficient (Wildman–Crippen LogP) is 3.39. The van der Waals surface area contributed by atoms with Crippen molar-refractivity contribution in [2.24, 2.45) is 0 Å². The highest BCUT2D eigenvalue weighted by Gasteiger charge is 2.34. The zero-order chi connectivity index (χ0) is 23.4. The van der Waals surface area contributed by atoms with E-state index in [2.05, 4.69) is 10.4 Å². The highest BCUT2D eigenvalue weighted by molar-refractivity contribution is 5.92. The number of aryl methyl sites for hydroxylation is 1. The van der Waals surface area contributed by atoms with Gasteiger partial charge in [0.25, 0.3) is 5.91 Å². The van der Waals surface area contributed by atoms with Gasteiger partial charge >= 0.3 is 6.18 Å². The number of hydrogen-bond acceptors (Lipinski definition) is 5. The van der Waals surface area contributed by atoms with Crippen LogP contribution in [0, 0.1) is 18.3 Å². The fraction of sp³-hybridized carbons (Fsp3) is 0.429. The number of alkyl halides is 3. The van der Waals surface area contributed by atoms with E-state index in [1.54, 1.807) is 0 Å². The van der Waals surface area contributed by atoms with Crippen molar-refractivity contribution in [1.29, 1.82) is 5.26 Å². The van der Waals surface area contributed by atoms with Crippen LogP contribution in [-0.2, 0) is 10.9 Å². The number of hydrogen-bond donors (Lipinski definition) is 1. The van der Waals surface area contributed by atoms with E-state index in [-0.39, 0.29) is 30.5 Å². The average Bonchev–Trinajstić information content (AvgIpc) is 2.67. The first-order valence-electron chi connectivity index (χ1n) is 9.51. The molecule has 10 heteroatoms. The third-order valence-corrected chi connectivity index (χ3v) is 4.45. The van der Waals surface area contributed by atoms with Crippen LogP contribution in [0.3, 0.4) is 0 Å². The minimum Gasteiger partial charge on any atom is -0.379 e. The summed E-state index contributed by atoms with van der Waals surface area (Å²) in [6, 6.07) is 7.69. The Labute approximate surface area is 177 Å². The fourth-order valence-corrected chi connectivity index (χ4v) is 2.80. The zero-order valence-electron chi connectivity index (χ0n) is 17.6. The molecular formula is C21H23F3N4O3. The number of carbonyl (C=O) groups is 1. The normalized spacial score (nSPS) is 13.5. The molecule has 0 spiro atoms. The second-order valence-electron chi connectivity index (χ2n) is 7.49. The number of aromatic nitrogens is 2. The van der Waals surface area contributed by atoms with E-state index in [1.165, 1.54) is 32.0 Å². The van der Waals surface area contributed by atoms with Crippen molar-refractivity contribution in [3.05, 3.63) is 57.5 Å². The molecule has 1 amide bonds. The van der Waals surface area contributed by atoms with Crippen LogP contribution in [-0.4, -0.2) is 33.9 Å². The van der Waals surface area contributed by atoms with Gasteiger partial charge in [0.05, 0.1) is 30.0 Å². The van der Waals surface area contributed by atoms with Crippen LogP contribution < -0.4 is 10.7 Å². The molecule has 1 heterocycles. The number of nitrogens with one attached hydrogen (secondary N) is 1. The SMILES string of the molecule is Cc1cc(=O)c(C(=O)N[C@](C)(C#N)CCOC(C)C)nn1-c1ccccc1C(F)(F)F. The molecule has 31 heavy (non-hydrogen) atoms. The summed E-state index contributed by atoms with van der Waals surface area (Å²) in [5.74, 6) is -0.961. The van der Waals surface area contributed by atoms with Gasteiger partial charge in [0.2, 0.25) is 5.43 Å². The molecule has 1 N–H and O–H groups in total. The van der Waals surface area contributed by atoms with Crippen LogP contribution >= 0.6 is 0 Å². The van der Waals surface area contributed by atoms with Crippen LogP contribution in [0.2, 0.25) is 0 Å². The fourth-order valence-electron chi connectivity index (χ4n) is 2.80. The Bertz CT molecular complexity index is 1060. The Morgan fingerprint density at radius 1 is 1.32 bits per heavy atom. The van der Waals surface area contributed by atoms with Crippen molar-refractivity contribution in [3.8, 4) is 11.8 Å². The quantitative estimate of drug-likeness (QED) is 0.718. The molecule has 1 aromatic heterocycles. The van der Waals surface area contributed by atoms with Crippen LogP contribution in [0.4, 0.5) is 13.2 Å². The summed E-state index contributed by atoms with van der Waals surface area (Å²) >= 11 is 0. The third kappa shape index (κ3) is 5.92. The van der Waals surface area contributed by atoms with Gasteiger partial charge in [-0.3, -0.25) is 9.59 Å². The number of rotatable bonds is 7. The zero-order valence-corrected chi connectivity index (χ0v) is 17.6. The lowest BCUT2D eigenvalue weighted by Crippen LogP contribution is -2.47. The number of amides is 1. The van der Waals surface area contributed by atoms with Gasteiger partial charge in [-0.25, -0.2) is 4.68 Å². The molecule has 0 saturated heterocycles. The molecule has 0 unspecified atom stereocenters. The standard InChI is InChI=1S/C21H23F3N4O3/c1-13(2)31-10-9-20(4,12-25)26-19(30)18-17(29)11-14(3)28(27-18)16-8-6-5-7-15(16)21(22,23)24/h5-8,11,13H,9-10H2,1-4H3,(H,26,30)/t20-/m0/s1. The van der Waals surface area contributed by atoms with Crippen molar-refractivity contribution in [2.45, 2.75) is 51.9 Å². The minimum atomic E-state index is -4.66. The van der Waals surface area contributed by atoms with Gasteiger partial charge in [-0.2, -0.15) is 23.5 Å². The molecule has 2 aromatic rings. The largest absolute Gasteiger partial charge is 0.418 e. The summed E-state index contributed by atoms with van der Waals surface area (Å²) in [5.41, 5.74) is -3.92. The van der Waals surface area contributed by atoms with Gasteiger partial charge < -0.3 is 10.1 Å². The highest BCUT2D eigenvalue weighted by Crippen LogP contribution is 2.33. The second-order valence-corrected chi connectivity index (χ2v) is 7.49. The van der Waals surface area contributed by atoms with Crippen molar-refractivity contribution in [2.75, 3.05) is 6.61 Å². The van der Waals surface area contributed by atoms with Crippen molar-refractivity contribution < 1.29 is 22.7 Å². The summed E-state index contributed by atoms with van der Waals surface area (Å²) in [6.45, 7) is 6.69. The van der Waals surface area contributed by atoms with E-state index in [0.717, 1.165) is 16.8 Å². The number of ether oxygens (including phenoxy) is 1. The summed E-state index contributed by atoms with van der Waals surface area (Å²) in [6.07, 6.45) is -4.59. The molecule has 1 atom stereocenters. The third-order valence-electron chi connectivity index (χ3n) is 4.45. The molecule has 0 fully saturated rings. The van der Waals surface area contributed by atoms with E-state index in [4.69, 9.17) is 4.74 Å². The minimum absolute atomic E-state index is 0.0710. The number of para-hydroxylation sites is 1. The summed E-state index contributed by atoms with van der Waals surface area (Å²) in [7, 11) is 0. The van der Waals surface area contributed by atoms with Crippen molar-refractivity contribution in [1.82, 2.24) is 15.1 Å². The van der Waals surface area contributed by atoms with Crippen molar-refractivity contribution >= 4 is 5.91 Å². The maximum Gasteiger partial charge on any atom is 0.418 e. The Morgan fingerprint density at radius 3 is 2.55 bits per heavy atom. The van der Waals surface area contributed by atoms with E-state index in [0.29, 0.717) is 0 Å². The molecule has 0 aliphatic heterocycles. The first-order valence-corrected chi connectivity index (χ1v) is 9.51. The Hall–Kier alpha value is -3.19. The van der Waals surface area contributed by atoms with E-state index in [9.17, 15) is 28.0 Å². The molecule has 0 aliphatic carbocycles. The lowest BCUT2D eigenvalue weighted by molar-refractivity contribution is -0.137. The number of nitriles is 1. The maximum atomic E-state index is 13.4. The van der Waals surface area contributed by atoms with Gasteiger partial charge in [0.15, 0.2) is 5.69 Å². The van der Waals surface area contributed by atoms with Crippen LogP contribution in [0.5, 0.6) is 0 Å². The average molecular weight is 436 g/mol. The topological polar surface area (TPSA) is 97.0 Å². The molecule has 0 saturated carbocycles. The molecule has 166 valence electrons. The molecule has 0 aliphatic rings. The number of nitrogens with zero attached hydrogens (tertiary/aromatic N) is 3. The first kappa shape index (κ1) is 24.1. The van der Waals surface area contributed by atoms with Gasteiger partial charge in [0, 0.05) is 18.2 Å². The lowest BCUT2D eigenvalue weighted by Gasteiger charge is -2.23. The number of carbonyl (C=O) groups excluding carboxylic acids is 1. The van der Waals surface area contributed by atoms with E-state index in [1.807, 2.05) is 19.9 Å².